The molecule has 0 aliphatic carbocycles. The summed E-state index contributed by atoms with van der Waals surface area (Å²) < 4.78 is 0. The van der Waals surface area contributed by atoms with Crippen molar-refractivity contribution in [1.29, 1.82) is 0 Å². The van der Waals surface area contributed by atoms with E-state index in [9.17, 15) is 19.2 Å². The highest BCUT2D eigenvalue weighted by atomic mass is 16.4. The Balaban J connectivity index is 3.96. The van der Waals surface area contributed by atoms with Crippen LogP contribution in [0.25, 0.3) is 0 Å². The van der Waals surface area contributed by atoms with Crippen LogP contribution in [0.5, 0.6) is 0 Å². The molecule has 8 nitrogen and oxygen atoms in total. The van der Waals surface area contributed by atoms with Gasteiger partial charge in [-0.1, -0.05) is 0 Å². The highest BCUT2D eigenvalue weighted by Gasteiger charge is 2.17. The van der Waals surface area contributed by atoms with Gasteiger partial charge in [-0.15, -0.1) is 0 Å². The molecule has 0 aromatic heterocycles. The molecule has 0 radical (unpaired) electrons. The van der Waals surface area contributed by atoms with E-state index >= 15 is 0 Å². The first kappa shape index (κ1) is 16.0. The summed E-state index contributed by atoms with van der Waals surface area (Å²) in [7, 11) is 0. The van der Waals surface area contributed by atoms with E-state index in [1.54, 1.807) is 0 Å². The molecule has 8 heteroatoms. The van der Waals surface area contributed by atoms with Crippen LogP contribution >= 0.6 is 0 Å². The number of aldehydes is 1. The van der Waals surface area contributed by atoms with Gasteiger partial charge in [-0.05, 0) is 13.3 Å². The van der Waals surface area contributed by atoms with E-state index in [0.29, 0.717) is 6.29 Å². The first-order valence-electron chi connectivity index (χ1n) is 5.37. The van der Waals surface area contributed by atoms with Gasteiger partial charge in [0.25, 0.3) is 0 Å². The fourth-order valence-corrected chi connectivity index (χ4v) is 1.08. The molecule has 2 atom stereocenters. The zero-order valence-corrected chi connectivity index (χ0v) is 10.0. The lowest BCUT2D eigenvalue weighted by Crippen LogP contribution is -2.45. The molecule has 0 aliphatic heterocycles. The number of aliphatic carboxylic acids is 1. The lowest BCUT2D eigenvalue weighted by molar-refractivity contribution is -0.138. The fraction of sp³-hybridized carbons (Fsp3) is 0.600. The summed E-state index contributed by atoms with van der Waals surface area (Å²) in [6.07, 6.45) is 0.431. The number of hydrogen-bond acceptors (Lipinski definition) is 5. The summed E-state index contributed by atoms with van der Waals surface area (Å²) in [6.45, 7) is 1.33. The quantitative estimate of drug-likeness (QED) is 0.372. The second kappa shape index (κ2) is 8.18. The van der Waals surface area contributed by atoms with Gasteiger partial charge in [0.05, 0.1) is 6.54 Å². The van der Waals surface area contributed by atoms with E-state index in [1.165, 1.54) is 6.92 Å². The van der Waals surface area contributed by atoms with Crippen LogP contribution in [0.4, 0.5) is 0 Å². The molecular formula is C10H17N3O5. The van der Waals surface area contributed by atoms with Gasteiger partial charge in [0.2, 0.25) is 11.8 Å². The number of nitrogens with two attached hydrogens (primary N) is 1. The first-order valence-corrected chi connectivity index (χ1v) is 5.37. The van der Waals surface area contributed by atoms with Crippen LogP contribution in [0.15, 0.2) is 0 Å². The molecule has 102 valence electrons. The van der Waals surface area contributed by atoms with Crippen molar-refractivity contribution in [3.8, 4) is 0 Å². The SMILES string of the molecule is CC(NC(=O)CCC(N)C(=O)O)C(=O)NCC=O. The van der Waals surface area contributed by atoms with Crippen molar-refractivity contribution in [3.05, 3.63) is 0 Å². The van der Waals surface area contributed by atoms with Crippen LogP contribution in [-0.2, 0) is 19.2 Å². The van der Waals surface area contributed by atoms with Crippen molar-refractivity contribution < 1.29 is 24.3 Å². The van der Waals surface area contributed by atoms with Gasteiger partial charge in [0, 0.05) is 6.42 Å². The summed E-state index contributed by atoms with van der Waals surface area (Å²) >= 11 is 0. The van der Waals surface area contributed by atoms with Gasteiger partial charge >= 0.3 is 5.97 Å². The highest BCUT2D eigenvalue weighted by Crippen LogP contribution is 1.95. The molecule has 0 bridgehead atoms. The lowest BCUT2D eigenvalue weighted by Gasteiger charge is -2.13. The molecule has 0 aromatic rings. The molecule has 0 fully saturated rings. The second-order valence-corrected chi connectivity index (χ2v) is 3.68. The van der Waals surface area contributed by atoms with Crippen LogP contribution in [0.3, 0.4) is 0 Å². The van der Waals surface area contributed by atoms with Crippen LogP contribution in [0.1, 0.15) is 19.8 Å². The van der Waals surface area contributed by atoms with Crippen LogP contribution in [-0.4, -0.2) is 47.8 Å². The van der Waals surface area contributed by atoms with Gasteiger partial charge in [0.1, 0.15) is 18.4 Å². The molecule has 0 spiro atoms. The monoisotopic (exact) mass is 259 g/mol. The molecule has 5 N–H and O–H groups in total. The standard InChI is InChI=1S/C10H17N3O5/c1-6(9(16)12-4-5-14)13-8(15)3-2-7(11)10(17)18/h5-7H,2-4,11H2,1H3,(H,12,16)(H,13,15)(H,17,18). The maximum atomic E-state index is 11.3. The number of hydrogen-bond donors (Lipinski definition) is 4. The van der Waals surface area contributed by atoms with Gasteiger partial charge in [0.15, 0.2) is 0 Å². The molecule has 0 heterocycles. The van der Waals surface area contributed by atoms with Crippen molar-refractivity contribution in [2.75, 3.05) is 6.54 Å². The van der Waals surface area contributed by atoms with Crippen LogP contribution in [0, 0.1) is 0 Å². The minimum atomic E-state index is -1.18. The van der Waals surface area contributed by atoms with Crippen molar-refractivity contribution in [1.82, 2.24) is 10.6 Å². The summed E-state index contributed by atoms with van der Waals surface area (Å²) in [5.41, 5.74) is 5.22. The number of nitrogens with one attached hydrogen (secondary N) is 2. The second-order valence-electron chi connectivity index (χ2n) is 3.68. The fourth-order valence-electron chi connectivity index (χ4n) is 1.08. The van der Waals surface area contributed by atoms with Crippen molar-refractivity contribution >= 4 is 24.1 Å². The molecular weight excluding hydrogens is 242 g/mol. The van der Waals surface area contributed by atoms with E-state index in [2.05, 4.69) is 10.6 Å². The normalized spacial score (nSPS) is 13.2. The number of amides is 2. The van der Waals surface area contributed by atoms with E-state index in [0.717, 1.165) is 0 Å². The Hall–Kier alpha value is -1.96. The maximum Gasteiger partial charge on any atom is 0.320 e. The van der Waals surface area contributed by atoms with Gasteiger partial charge in [-0.3, -0.25) is 14.4 Å². The number of carbonyl (C=O) groups is 4. The highest BCUT2D eigenvalue weighted by molar-refractivity contribution is 5.88. The predicted molar refractivity (Wildman–Crippen MR) is 61.5 cm³/mol. The molecule has 2 unspecified atom stereocenters. The van der Waals surface area contributed by atoms with E-state index in [-0.39, 0.29) is 19.4 Å². The minimum Gasteiger partial charge on any atom is -0.480 e. The smallest absolute Gasteiger partial charge is 0.320 e. The molecule has 0 aromatic carbocycles. The topological polar surface area (TPSA) is 139 Å². The van der Waals surface area contributed by atoms with Crippen LogP contribution < -0.4 is 16.4 Å². The van der Waals surface area contributed by atoms with Crippen molar-refractivity contribution in [2.45, 2.75) is 31.8 Å². The molecule has 0 saturated carbocycles. The third-order valence-corrected chi connectivity index (χ3v) is 2.13. The lowest BCUT2D eigenvalue weighted by atomic mass is 10.1. The average Bonchev–Trinajstić information content (AvgIpc) is 2.32. The third-order valence-electron chi connectivity index (χ3n) is 2.13. The minimum absolute atomic E-state index is 0.0101. The number of carboxylic acids is 1. The molecule has 0 saturated heterocycles. The Bertz CT molecular complexity index is 331. The Kier molecular flexibility index (Phi) is 7.29. The number of rotatable bonds is 8. The summed E-state index contributed by atoms with van der Waals surface area (Å²) in [6, 6.07) is -1.89. The summed E-state index contributed by atoms with van der Waals surface area (Å²) in [4.78, 5) is 43.1. The summed E-state index contributed by atoms with van der Waals surface area (Å²) in [5.74, 6) is -2.14. The molecule has 0 aliphatic rings. The largest absolute Gasteiger partial charge is 0.480 e. The average molecular weight is 259 g/mol. The van der Waals surface area contributed by atoms with E-state index in [4.69, 9.17) is 10.8 Å². The first-order chi connectivity index (χ1) is 8.38. The number of carbonyl (C=O) groups excluding carboxylic acids is 3. The maximum absolute atomic E-state index is 11.3. The summed E-state index contributed by atoms with van der Waals surface area (Å²) in [5, 5.41) is 13.2. The molecule has 0 rings (SSSR count). The predicted octanol–water partition coefficient (Wildman–Crippen LogP) is -2.00. The van der Waals surface area contributed by atoms with E-state index < -0.39 is 29.9 Å². The van der Waals surface area contributed by atoms with E-state index in [1.807, 2.05) is 0 Å². The Labute approximate surface area is 104 Å². The zero-order valence-electron chi connectivity index (χ0n) is 10.0. The number of carboxylic acid groups (broad SMARTS) is 1. The Morgan fingerprint density at radius 1 is 1.39 bits per heavy atom. The van der Waals surface area contributed by atoms with Gasteiger partial charge in [-0.25, -0.2) is 0 Å². The third kappa shape index (κ3) is 6.59. The molecule has 18 heavy (non-hydrogen) atoms. The van der Waals surface area contributed by atoms with Gasteiger partial charge < -0.3 is 26.3 Å². The Morgan fingerprint density at radius 2 is 2.00 bits per heavy atom. The molecule has 2 amide bonds. The van der Waals surface area contributed by atoms with Crippen molar-refractivity contribution in [3.63, 3.8) is 0 Å². The zero-order chi connectivity index (χ0) is 14.1. The van der Waals surface area contributed by atoms with Crippen LogP contribution in [0.2, 0.25) is 0 Å². The Morgan fingerprint density at radius 3 is 2.50 bits per heavy atom. The van der Waals surface area contributed by atoms with Gasteiger partial charge in [-0.2, -0.15) is 0 Å². The van der Waals surface area contributed by atoms with Crippen molar-refractivity contribution in [2.24, 2.45) is 5.73 Å².